The summed E-state index contributed by atoms with van der Waals surface area (Å²) < 4.78 is 25.1. The van der Waals surface area contributed by atoms with Crippen molar-refractivity contribution in [2.75, 3.05) is 0 Å². The molecule has 0 heterocycles. The molecule has 0 amide bonds. The van der Waals surface area contributed by atoms with E-state index in [0.717, 1.165) is 6.07 Å². The van der Waals surface area contributed by atoms with Gasteiger partial charge in [0.05, 0.1) is 5.56 Å². The van der Waals surface area contributed by atoms with E-state index < -0.39 is 17.2 Å². The summed E-state index contributed by atoms with van der Waals surface area (Å²) in [5.74, 6) is -1.86. The minimum Gasteiger partial charge on any atom is -0.207 e. The third-order valence-electron chi connectivity index (χ3n) is 1.29. The van der Waals surface area contributed by atoms with Crippen LogP contribution in [0.25, 0.3) is 0 Å². The molecular weight excluding hydrogens is 162 g/mol. The molecule has 0 aliphatic carbocycles. The minimum atomic E-state index is -1.01. The molecule has 0 aliphatic rings. The number of rotatable bonds is 0. The van der Waals surface area contributed by atoms with Crippen LogP contribution in [0.4, 0.5) is 8.78 Å². The Kier molecular flexibility index (Phi) is 2.02. The molecule has 0 aromatic heterocycles. The zero-order valence-corrected chi connectivity index (χ0v) is 5.81. The fourth-order valence-corrected chi connectivity index (χ4v) is 0.775. The van der Waals surface area contributed by atoms with E-state index in [1.807, 2.05) is 0 Å². The van der Waals surface area contributed by atoms with Crippen LogP contribution in [0.2, 0.25) is 0 Å². The molecule has 0 N–H and O–H groups in total. The lowest BCUT2D eigenvalue weighted by molar-refractivity contribution is 0.580. The fourth-order valence-electron chi connectivity index (χ4n) is 0.775. The fraction of sp³-hybridized carbons (Fsp3) is 0. The summed E-state index contributed by atoms with van der Waals surface area (Å²) in [5, 5.41) is 16.7. The Bertz CT molecular complexity index is 399. The highest BCUT2D eigenvalue weighted by atomic mass is 19.1. The summed E-state index contributed by atoms with van der Waals surface area (Å²) in [5.41, 5.74) is -0.700. The highest BCUT2D eigenvalue weighted by Crippen LogP contribution is 2.13. The normalized spacial score (nSPS) is 8.67. The SMILES string of the molecule is N#Cc1cc(F)cc(F)c1C#N. The number of hydrogen-bond acceptors (Lipinski definition) is 2. The van der Waals surface area contributed by atoms with Crippen molar-refractivity contribution in [3.05, 3.63) is 34.9 Å². The highest BCUT2D eigenvalue weighted by molar-refractivity contribution is 5.46. The maximum absolute atomic E-state index is 12.7. The molecule has 0 bridgehead atoms. The second-order valence-corrected chi connectivity index (χ2v) is 2.03. The first-order chi connectivity index (χ1) is 5.69. The molecule has 0 unspecified atom stereocenters. The van der Waals surface area contributed by atoms with Crippen LogP contribution in [0.3, 0.4) is 0 Å². The lowest BCUT2D eigenvalue weighted by Gasteiger charge is -1.95. The molecule has 58 valence electrons. The van der Waals surface area contributed by atoms with Crippen molar-refractivity contribution in [3.8, 4) is 12.1 Å². The molecule has 1 aromatic carbocycles. The molecule has 4 heteroatoms. The summed E-state index contributed by atoms with van der Waals surface area (Å²) >= 11 is 0. The lowest BCUT2D eigenvalue weighted by atomic mass is 10.1. The van der Waals surface area contributed by atoms with Crippen molar-refractivity contribution in [2.24, 2.45) is 0 Å². The molecule has 0 saturated carbocycles. The van der Waals surface area contributed by atoms with Crippen LogP contribution in [-0.4, -0.2) is 0 Å². The van der Waals surface area contributed by atoms with Crippen LogP contribution in [0.5, 0.6) is 0 Å². The van der Waals surface area contributed by atoms with Gasteiger partial charge in [0.25, 0.3) is 0 Å². The molecule has 12 heavy (non-hydrogen) atoms. The molecule has 0 spiro atoms. The molecule has 0 radical (unpaired) electrons. The Labute approximate surface area is 67.3 Å². The Hall–Kier alpha value is -1.94. The van der Waals surface area contributed by atoms with Gasteiger partial charge in [0.15, 0.2) is 0 Å². The Morgan fingerprint density at radius 2 is 1.75 bits per heavy atom. The first kappa shape index (κ1) is 8.16. The number of halogens is 2. The van der Waals surface area contributed by atoms with E-state index in [4.69, 9.17) is 10.5 Å². The van der Waals surface area contributed by atoms with E-state index in [1.54, 1.807) is 0 Å². The average Bonchev–Trinajstić information content (AvgIpc) is 2.03. The van der Waals surface area contributed by atoms with Crippen molar-refractivity contribution >= 4 is 0 Å². The van der Waals surface area contributed by atoms with Crippen LogP contribution in [0.15, 0.2) is 12.1 Å². The van der Waals surface area contributed by atoms with E-state index in [1.165, 1.54) is 12.1 Å². The van der Waals surface area contributed by atoms with Gasteiger partial charge in [-0.05, 0) is 6.07 Å². The van der Waals surface area contributed by atoms with Crippen molar-refractivity contribution in [1.29, 1.82) is 10.5 Å². The third kappa shape index (κ3) is 1.23. The molecule has 0 atom stereocenters. The van der Waals surface area contributed by atoms with Crippen LogP contribution >= 0.6 is 0 Å². The van der Waals surface area contributed by atoms with E-state index in [2.05, 4.69) is 0 Å². The Morgan fingerprint density at radius 1 is 1.08 bits per heavy atom. The topological polar surface area (TPSA) is 47.6 Å². The molecule has 2 nitrogen and oxygen atoms in total. The van der Waals surface area contributed by atoms with Crippen molar-refractivity contribution in [3.63, 3.8) is 0 Å². The van der Waals surface area contributed by atoms with Crippen LogP contribution in [-0.2, 0) is 0 Å². The van der Waals surface area contributed by atoms with Gasteiger partial charge in [-0.25, -0.2) is 8.78 Å². The van der Waals surface area contributed by atoms with Gasteiger partial charge in [-0.15, -0.1) is 0 Å². The van der Waals surface area contributed by atoms with E-state index >= 15 is 0 Å². The Balaban J connectivity index is 3.50. The van der Waals surface area contributed by atoms with Gasteiger partial charge in [-0.1, -0.05) is 0 Å². The summed E-state index contributed by atoms with van der Waals surface area (Å²) in [6, 6.07) is 4.39. The third-order valence-corrected chi connectivity index (χ3v) is 1.29. The minimum absolute atomic E-state index is 0.282. The first-order valence-corrected chi connectivity index (χ1v) is 2.98. The van der Waals surface area contributed by atoms with Gasteiger partial charge < -0.3 is 0 Å². The van der Waals surface area contributed by atoms with Gasteiger partial charge >= 0.3 is 0 Å². The molecular formula is C8H2F2N2. The molecule has 1 aromatic rings. The van der Waals surface area contributed by atoms with Gasteiger partial charge in [0.1, 0.15) is 29.3 Å². The van der Waals surface area contributed by atoms with Crippen LogP contribution in [0, 0.1) is 34.3 Å². The number of nitriles is 2. The Morgan fingerprint density at radius 3 is 2.25 bits per heavy atom. The second kappa shape index (κ2) is 2.98. The standard InChI is InChI=1S/C8H2F2N2/c9-6-1-5(3-11)7(4-12)8(10)2-6/h1-2H. The summed E-state index contributed by atoms with van der Waals surface area (Å²) in [4.78, 5) is 0. The smallest absolute Gasteiger partial charge is 0.145 e. The molecule has 0 aliphatic heterocycles. The zero-order chi connectivity index (χ0) is 9.14. The van der Waals surface area contributed by atoms with Crippen molar-refractivity contribution in [1.82, 2.24) is 0 Å². The highest BCUT2D eigenvalue weighted by Gasteiger charge is 2.09. The van der Waals surface area contributed by atoms with Crippen molar-refractivity contribution in [2.45, 2.75) is 0 Å². The van der Waals surface area contributed by atoms with E-state index in [0.29, 0.717) is 6.07 Å². The number of nitrogens with zero attached hydrogens (tertiary/aromatic N) is 2. The number of benzene rings is 1. The maximum Gasteiger partial charge on any atom is 0.145 e. The summed E-state index contributed by atoms with van der Waals surface area (Å²) in [7, 11) is 0. The van der Waals surface area contributed by atoms with E-state index in [9.17, 15) is 8.78 Å². The quantitative estimate of drug-likeness (QED) is 0.585. The second-order valence-electron chi connectivity index (χ2n) is 2.03. The largest absolute Gasteiger partial charge is 0.207 e. The maximum atomic E-state index is 12.7. The monoisotopic (exact) mass is 164 g/mol. The molecule has 1 rings (SSSR count). The van der Waals surface area contributed by atoms with Gasteiger partial charge in [-0.3, -0.25) is 0 Å². The zero-order valence-electron chi connectivity index (χ0n) is 5.81. The van der Waals surface area contributed by atoms with Gasteiger partial charge in [-0.2, -0.15) is 10.5 Å². The molecule has 0 fully saturated rings. The van der Waals surface area contributed by atoms with Crippen molar-refractivity contribution < 1.29 is 8.78 Å². The lowest BCUT2D eigenvalue weighted by Crippen LogP contribution is -1.91. The molecule has 0 saturated heterocycles. The van der Waals surface area contributed by atoms with Crippen LogP contribution in [0.1, 0.15) is 11.1 Å². The van der Waals surface area contributed by atoms with E-state index in [-0.39, 0.29) is 5.56 Å². The summed E-state index contributed by atoms with van der Waals surface area (Å²) in [6.45, 7) is 0. The van der Waals surface area contributed by atoms with Gasteiger partial charge in [0, 0.05) is 6.07 Å². The number of hydrogen-bond donors (Lipinski definition) is 0. The van der Waals surface area contributed by atoms with Crippen LogP contribution < -0.4 is 0 Å². The summed E-state index contributed by atoms with van der Waals surface area (Å²) in [6.07, 6.45) is 0. The van der Waals surface area contributed by atoms with Gasteiger partial charge in [0.2, 0.25) is 0 Å². The predicted octanol–water partition coefficient (Wildman–Crippen LogP) is 1.71. The first-order valence-electron chi connectivity index (χ1n) is 2.98. The predicted molar refractivity (Wildman–Crippen MR) is 35.8 cm³/mol. The average molecular weight is 164 g/mol.